The zero-order valence-electron chi connectivity index (χ0n) is 13.8. The number of nitrogens with zero attached hydrogens (tertiary/aromatic N) is 2. The molecule has 0 spiro atoms. The van der Waals surface area contributed by atoms with E-state index in [1.165, 1.54) is 17.4 Å². The number of rotatable bonds is 6. The van der Waals surface area contributed by atoms with Crippen LogP contribution in [0.1, 0.15) is 11.1 Å². The molecule has 1 heterocycles. The second-order valence-electron chi connectivity index (χ2n) is 5.66. The molecule has 128 valence electrons. The van der Waals surface area contributed by atoms with Crippen LogP contribution in [0.15, 0.2) is 29.3 Å². The molecule has 0 unspecified atom stereocenters. The van der Waals surface area contributed by atoms with E-state index in [4.69, 9.17) is 4.74 Å². The summed E-state index contributed by atoms with van der Waals surface area (Å²) in [7, 11) is -1.18. The minimum Gasteiger partial charge on any atom is -0.379 e. The summed E-state index contributed by atoms with van der Waals surface area (Å²) >= 11 is 0. The highest BCUT2D eigenvalue weighted by Gasteiger charge is 2.18. The molecule has 0 aliphatic carbocycles. The summed E-state index contributed by atoms with van der Waals surface area (Å²) in [5.41, 5.74) is 2.74. The molecule has 1 N–H and O–H groups in total. The summed E-state index contributed by atoms with van der Waals surface area (Å²) < 4.78 is 27.3. The largest absolute Gasteiger partial charge is 0.379 e. The quantitative estimate of drug-likeness (QED) is 0.469. The van der Waals surface area contributed by atoms with Gasteiger partial charge in [-0.2, -0.15) is 0 Å². The van der Waals surface area contributed by atoms with Crippen molar-refractivity contribution in [2.45, 2.75) is 13.0 Å². The SMILES string of the molecule is CN=C(NCCOCCS(C)(=O)=O)N1CCc2ccccc2C1. The van der Waals surface area contributed by atoms with Gasteiger partial charge in [0.05, 0.1) is 19.0 Å². The molecule has 0 atom stereocenters. The monoisotopic (exact) mass is 339 g/mol. The lowest BCUT2D eigenvalue weighted by Gasteiger charge is -2.31. The lowest BCUT2D eigenvalue weighted by atomic mass is 10.0. The van der Waals surface area contributed by atoms with Crippen molar-refractivity contribution in [3.05, 3.63) is 35.4 Å². The molecule has 6 nitrogen and oxygen atoms in total. The first-order valence-electron chi connectivity index (χ1n) is 7.77. The van der Waals surface area contributed by atoms with Gasteiger partial charge in [-0.3, -0.25) is 4.99 Å². The molecule has 0 fully saturated rings. The van der Waals surface area contributed by atoms with Crippen LogP contribution in [-0.2, 0) is 27.5 Å². The number of aliphatic imine (C=N–C) groups is 1. The number of sulfone groups is 1. The second kappa shape index (κ2) is 8.31. The Kier molecular flexibility index (Phi) is 6.41. The number of guanidine groups is 1. The van der Waals surface area contributed by atoms with Crippen molar-refractivity contribution >= 4 is 15.8 Å². The maximum atomic E-state index is 11.0. The van der Waals surface area contributed by atoms with Gasteiger partial charge in [0, 0.05) is 32.9 Å². The van der Waals surface area contributed by atoms with Crippen molar-refractivity contribution in [1.29, 1.82) is 0 Å². The fourth-order valence-corrected chi connectivity index (χ4v) is 2.98. The van der Waals surface area contributed by atoms with Gasteiger partial charge in [0.1, 0.15) is 9.84 Å². The zero-order chi connectivity index (χ0) is 16.7. The summed E-state index contributed by atoms with van der Waals surface area (Å²) in [5.74, 6) is 0.913. The Hall–Kier alpha value is -1.60. The summed E-state index contributed by atoms with van der Waals surface area (Å²) in [6.07, 6.45) is 2.23. The Morgan fingerprint density at radius 2 is 2.04 bits per heavy atom. The van der Waals surface area contributed by atoms with E-state index < -0.39 is 9.84 Å². The fourth-order valence-electron chi connectivity index (χ4n) is 2.56. The normalized spacial score (nSPS) is 15.4. The number of hydrogen-bond donors (Lipinski definition) is 1. The third-order valence-corrected chi connectivity index (χ3v) is 4.68. The average molecular weight is 339 g/mol. The Balaban J connectivity index is 1.74. The Morgan fingerprint density at radius 1 is 1.30 bits per heavy atom. The Morgan fingerprint density at radius 3 is 2.74 bits per heavy atom. The van der Waals surface area contributed by atoms with Crippen molar-refractivity contribution in [1.82, 2.24) is 10.2 Å². The molecule has 1 aromatic rings. The molecule has 0 bridgehead atoms. The van der Waals surface area contributed by atoms with Crippen LogP contribution in [0.3, 0.4) is 0 Å². The van der Waals surface area contributed by atoms with Gasteiger partial charge in [0.2, 0.25) is 0 Å². The van der Waals surface area contributed by atoms with Crippen LogP contribution < -0.4 is 5.32 Å². The predicted octanol–water partition coefficient (Wildman–Crippen LogP) is 0.681. The molecule has 1 aliphatic heterocycles. The maximum absolute atomic E-state index is 11.0. The highest BCUT2D eigenvalue weighted by atomic mass is 32.2. The standard InChI is InChI=1S/C16H25N3O3S/c1-17-16(18-8-10-22-11-12-23(2,20)21)19-9-7-14-5-3-4-6-15(14)13-19/h3-6H,7-13H2,1-2H3,(H,17,18). The van der Waals surface area contributed by atoms with Crippen molar-refractivity contribution in [2.24, 2.45) is 4.99 Å². The molecule has 1 aliphatic rings. The Labute approximate surface area is 138 Å². The minimum atomic E-state index is -2.96. The molecule has 1 aromatic carbocycles. The Bertz CT molecular complexity index is 644. The first-order chi connectivity index (χ1) is 11.0. The molecule has 0 saturated carbocycles. The molecule has 0 aromatic heterocycles. The van der Waals surface area contributed by atoms with E-state index in [1.54, 1.807) is 7.05 Å². The van der Waals surface area contributed by atoms with Crippen LogP contribution >= 0.6 is 0 Å². The maximum Gasteiger partial charge on any atom is 0.194 e. The van der Waals surface area contributed by atoms with Gasteiger partial charge in [-0.15, -0.1) is 0 Å². The molecule has 0 radical (unpaired) electrons. The lowest BCUT2D eigenvalue weighted by molar-refractivity contribution is 0.153. The first kappa shape index (κ1) is 17.7. The number of nitrogens with one attached hydrogen (secondary N) is 1. The predicted molar refractivity (Wildman–Crippen MR) is 92.4 cm³/mol. The lowest BCUT2D eigenvalue weighted by Crippen LogP contribution is -2.45. The summed E-state index contributed by atoms with van der Waals surface area (Å²) in [6.45, 7) is 3.08. The summed E-state index contributed by atoms with van der Waals surface area (Å²) in [6, 6.07) is 8.48. The van der Waals surface area contributed by atoms with Crippen LogP contribution in [-0.4, -0.2) is 64.6 Å². The highest BCUT2D eigenvalue weighted by Crippen LogP contribution is 2.18. The molecule has 23 heavy (non-hydrogen) atoms. The van der Waals surface area contributed by atoms with Gasteiger partial charge in [-0.05, 0) is 17.5 Å². The van der Waals surface area contributed by atoms with Crippen molar-refractivity contribution < 1.29 is 13.2 Å². The van der Waals surface area contributed by atoms with Crippen LogP contribution in [0.5, 0.6) is 0 Å². The molecular weight excluding hydrogens is 314 g/mol. The molecule has 2 rings (SSSR count). The van der Waals surface area contributed by atoms with E-state index in [0.29, 0.717) is 13.2 Å². The number of hydrogen-bond acceptors (Lipinski definition) is 4. The van der Waals surface area contributed by atoms with E-state index in [0.717, 1.165) is 25.5 Å². The summed E-state index contributed by atoms with van der Waals surface area (Å²) in [5, 5.41) is 3.27. The second-order valence-corrected chi connectivity index (χ2v) is 7.92. The molecule has 0 amide bonds. The fraction of sp³-hybridized carbons (Fsp3) is 0.562. The van der Waals surface area contributed by atoms with E-state index in [-0.39, 0.29) is 12.4 Å². The third-order valence-electron chi connectivity index (χ3n) is 3.77. The summed E-state index contributed by atoms with van der Waals surface area (Å²) in [4.78, 5) is 6.54. The molecular formula is C16H25N3O3S. The van der Waals surface area contributed by atoms with E-state index in [2.05, 4.69) is 39.5 Å². The number of benzene rings is 1. The van der Waals surface area contributed by atoms with E-state index in [9.17, 15) is 8.42 Å². The van der Waals surface area contributed by atoms with Crippen LogP contribution in [0.25, 0.3) is 0 Å². The van der Waals surface area contributed by atoms with Gasteiger partial charge < -0.3 is 15.0 Å². The van der Waals surface area contributed by atoms with Gasteiger partial charge in [-0.25, -0.2) is 8.42 Å². The molecule has 7 heteroatoms. The number of fused-ring (bicyclic) bond motifs is 1. The minimum absolute atomic E-state index is 0.0602. The van der Waals surface area contributed by atoms with E-state index >= 15 is 0 Å². The van der Waals surface area contributed by atoms with Crippen molar-refractivity contribution in [3.63, 3.8) is 0 Å². The topological polar surface area (TPSA) is 71.0 Å². The smallest absolute Gasteiger partial charge is 0.194 e. The first-order valence-corrected chi connectivity index (χ1v) is 9.83. The molecule has 0 saturated heterocycles. The number of ether oxygens (including phenoxy) is 1. The van der Waals surface area contributed by atoms with Gasteiger partial charge in [-0.1, -0.05) is 24.3 Å². The van der Waals surface area contributed by atoms with Crippen LogP contribution in [0, 0.1) is 0 Å². The zero-order valence-corrected chi connectivity index (χ0v) is 14.6. The van der Waals surface area contributed by atoms with Crippen molar-refractivity contribution in [2.75, 3.05) is 45.4 Å². The highest BCUT2D eigenvalue weighted by molar-refractivity contribution is 7.90. The van der Waals surface area contributed by atoms with Gasteiger partial charge >= 0.3 is 0 Å². The van der Waals surface area contributed by atoms with E-state index in [1.807, 2.05) is 0 Å². The van der Waals surface area contributed by atoms with Crippen LogP contribution in [0.2, 0.25) is 0 Å². The third kappa shape index (κ3) is 5.84. The van der Waals surface area contributed by atoms with Crippen LogP contribution in [0.4, 0.5) is 0 Å². The van der Waals surface area contributed by atoms with Crippen molar-refractivity contribution in [3.8, 4) is 0 Å². The average Bonchev–Trinajstić information content (AvgIpc) is 2.53. The van der Waals surface area contributed by atoms with Gasteiger partial charge in [0.15, 0.2) is 5.96 Å². The van der Waals surface area contributed by atoms with Gasteiger partial charge in [0.25, 0.3) is 0 Å².